The third-order valence-electron chi connectivity index (χ3n) is 3.50. The Balaban J connectivity index is 1.82. The van der Waals surface area contributed by atoms with Crippen molar-refractivity contribution in [3.63, 3.8) is 0 Å². The predicted molar refractivity (Wildman–Crippen MR) is 109 cm³/mol. The molecule has 0 atom stereocenters. The van der Waals surface area contributed by atoms with Crippen molar-refractivity contribution in [2.75, 3.05) is 11.5 Å². The smallest absolute Gasteiger partial charge is 0.270 e. The third-order valence-corrected chi connectivity index (χ3v) is 5.09. The second-order valence-corrected chi connectivity index (χ2v) is 7.37. The quantitative estimate of drug-likeness (QED) is 0.376. The molecule has 132 valence electrons. The van der Waals surface area contributed by atoms with Gasteiger partial charge in [0.1, 0.15) is 18.2 Å². The molecule has 0 spiro atoms. The minimum absolute atomic E-state index is 0.0596. The van der Waals surface area contributed by atoms with E-state index in [2.05, 4.69) is 6.58 Å². The average molecular weight is 406 g/mol. The number of nitrogens with zero attached hydrogens (tertiary/aromatic N) is 1. The Morgan fingerprint density at radius 2 is 2.00 bits per heavy atom. The molecular formula is C19H13ClFNO2S2. The molecule has 1 heterocycles. The molecule has 0 radical (unpaired) electrons. The molecule has 1 amide bonds. The van der Waals surface area contributed by atoms with Crippen molar-refractivity contribution in [1.82, 2.24) is 0 Å². The van der Waals surface area contributed by atoms with Crippen LogP contribution in [0.2, 0.25) is 5.02 Å². The lowest BCUT2D eigenvalue weighted by Crippen LogP contribution is -2.27. The van der Waals surface area contributed by atoms with Crippen molar-refractivity contribution in [3.8, 4) is 5.75 Å². The molecule has 0 aliphatic carbocycles. The summed E-state index contributed by atoms with van der Waals surface area (Å²) in [5.74, 6) is -0.0969. The number of carbonyl (C=O) groups excluding carboxylic acids is 1. The van der Waals surface area contributed by atoms with E-state index in [1.165, 1.54) is 34.9 Å². The van der Waals surface area contributed by atoms with Crippen molar-refractivity contribution in [2.45, 2.75) is 0 Å². The summed E-state index contributed by atoms with van der Waals surface area (Å²) < 4.78 is 19.2. The molecule has 0 saturated carbocycles. The summed E-state index contributed by atoms with van der Waals surface area (Å²) in [6.07, 6.45) is 3.42. The molecule has 2 aromatic carbocycles. The van der Waals surface area contributed by atoms with Gasteiger partial charge in [-0.15, -0.1) is 0 Å². The number of thioether (sulfide) groups is 1. The second-order valence-electron chi connectivity index (χ2n) is 5.28. The van der Waals surface area contributed by atoms with E-state index in [0.717, 1.165) is 11.3 Å². The highest BCUT2D eigenvalue weighted by molar-refractivity contribution is 8.27. The van der Waals surface area contributed by atoms with E-state index in [9.17, 15) is 9.18 Å². The highest BCUT2D eigenvalue weighted by Crippen LogP contribution is 2.37. The second kappa shape index (κ2) is 8.03. The molecule has 1 aliphatic heterocycles. The Morgan fingerprint density at radius 1 is 1.27 bits per heavy atom. The summed E-state index contributed by atoms with van der Waals surface area (Å²) in [6, 6.07) is 11.4. The number of halogens is 2. The summed E-state index contributed by atoms with van der Waals surface area (Å²) in [7, 11) is 0. The zero-order chi connectivity index (χ0) is 18.7. The van der Waals surface area contributed by atoms with Gasteiger partial charge in [-0.1, -0.05) is 60.4 Å². The first kappa shape index (κ1) is 18.6. The van der Waals surface area contributed by atoms with Crippen LogP contribution in [0, 0.1) is 5.82 Å². The first-order valence-electron chi connectivity index (χ1n) is 7.56. The lowest BCUT2D eigenvalue weighted by molar-refractivity contribution is -0.113. The molecular weight excluding hydrogens is 393 g/mol. The molecule has 26 heavy (non-hydrogen) atoms. The fourth-order valence-corrected chi connectivity index (χ4v) is 3.76. The van der Waals surface area contributed by atoms with Crippen LogP contribution in [0.4, 0.5) is 10.1 Å². The van der Waals surface area contributed by atoms with Gasteiger partial charge >= 0.3 is 0 Å². The molecule has 1 saturated heterocycles. The van der Waals surface area contributed by atoms with Gasteiger partial charge in [0.15, 0.2) is 4.32 Å². The number of ether oxygens (including phenoxy) is 1. The molecule has 0 bridgehead atoms. The fourth-order valence-electron chi connectivity index (χ4n) is 2.28. The van der Waals surface area contributed by atoms with Gasteiger partial charge in [0.05, 0.1) is 15.6 Å². The maximum atomic E-state index is 13.4. The molecule has 0 aromatic heterocycles. The topological polar surface area (TPSA) is 29.5 Å². The Labute approximate surface area is 165 Å². The SMILES string of the molecule is C=CCOc1ccc(C=C2SC(=S)N(c3ccc(F)c(Cl)c3)C2=O)cc1. The summed E-state index contributed by atoms with van der Waals surface area (Å²) >= 11 is 12.3. The first-order chi connectivity index (χ1) is 12.5. The van der Waals surface area contributed by atoms with Crippen LogP contribution in [0.3, 0.4) is 0 Å². The highest BCUT2D eigenvalue weighted by Gasteiger charge is 2.33. The molecule has 0 unspecified atom stereocenters. The Hall–Kier alpha value is -2.15. The van der Waals surface area contributed by atoms with Gasteiger partial charge in [-0.25, -0.2) is 4.39 Å². The van der Waals surface area contributed by atoms with E-state index in [-0.39, 0.29) is 10.9 Å². The summed E-state index contributed by atoms with van der Waals surface area (Å²) in [4.78, 5) is 14.5. The zero-order valence-corrected chi connectivity index (χ0v) is 15.8. The van der Waals surface area contributed by atoms with Gasteiger partial charge in [-0.05, 0) is 42.0 Å². The first-order valence-corrected chi connectivity index (χ1v) is 9.16. The molecule has 7 heteroatoms. The van der Waals surface area contributed by atoms with Gasteiger partial charge in [0.25, 0.3) is 5.91 Å². The van der Waals surface area contributed by atoms with Crippen LogP contribution in [0.5, 0.6) is 5.75 Å². The summed E-state index contributed by atoms with van der Waals surface area (Å²) in [5.41, 5.74) is 1.28. The van der Waals surface area contributed by atoms with Gasteiger partial charge in [-0.3, -0.25) is 9.69 Å². The van der Waals surface area contributed by atoms with E-state index in [1.54, 1.807) is 12.2 Å². The van der Waals surface area contributed by atoms with Crippen molar-refractivity contribution in [3.05, 3.63) is 76.4 Å². The molecule has 0 N–H and O–H groups in total. The zero-order valence-electron chi connectivity index (χ0n) is 13.4. The number of benzene rings is 2. The number of rotatable bonds is 5. The van der Waals surface area contributed by atoms with Gasteiger partial charge in [0.2, 0.25) is 0 Å². The largest absolute Gasteiger partial charge is 0.490 e. The standard InChI is InChI=1S/C19H13ClFNO2S2/c1-2-9-24-14-6-3-12(4-7-14)10-17-18(23)22(19(25)26-17)13-5-8-16(21)15(20)11-13/h2-8,10-11H,1,9H2. The summed E-state index contributed by atoms with van der Waals surface area (Å²) in [5, 5.41) is -0.0596. The number of amides is 1. The molecule has 3 nitrogen and oxygen atoms in total. The summed E-state index contributed by atoms with van der Waals surface area (Å²) in [6.45, 7) is 4.03. The van der Waals surface area contributed by atoms with Gasteiger partial charge < -0.3 is 4.74 Å². The predicted octanol–water partition coefficient (Wildman–Crippen LogP) is 5.45. The van der Waals surface area contributed by atoms with Crippen LogP contribution in [-0.4, -0.2) is 16.8 Å². The number of hydrogen-bond donors (Lipinski definition) is 0. The van der Waals surface area contributed by atoms with Crippen LogP contribution in [0.1, 0.15) is 5.56 Å². The van der Waals surface area contributed by atoms with Crippen LogP contribution >= 0.6 is 35.6 Å². The van der Waals surface area contributed by atoms with Crippen LogP contribution < -0.4 is 9.64 Å². The van der Waals surface area contributed by atoms with Gasteiger partial charge in [-0.2, -0.15) is 0 Å². The number of thiocarbonyl (C=S) groups is 1. The van der Waals surface area contributed by atoms with Crippen molar-refractivity contribution < 1.29 is 13.9 Å². The number of hydrogen-bond acceptors (Lipinski definition) is 4. The van der Waals surface area contributed by atoms with E-state index in [0.29, 0.717) is 21.5 Å². The van der Waals surface area contributed by atoms with E-state index in [1.807, 2.05) is 24.3 Å². The van der Waals surface area contributed by atoms with Crippen molar-refractivity contribution in [2.24, 2.45) is 0 Å². The van der Waals surface area contributed by atoms with Crippen molar-refractivity contribution >= 4 is 57.6 Å². The average Bonchev–Trinajstić information content (AvgIpc) is 2.90. The highest BCUT2D eigenvalue weighted by atomic mass is 35.5. The minimum Gasteiger partial charge on any atom is -0.490 e. The lowest BCUT2D eigenvalue weighted by Gasteiger charge is -2.14. The molecule has 3 rings (SSSR count). The van der Waals surface area contributed by atoms with E-state index in [4.69, 9.17) is 28.6 Å². The van der Waals surface area contributed by atoms with Crippen molar-refractivity contribution in [1.29, 1.82) is 0 Å². The van der Waals surface area contributed by atoms with Crippen LogP contribution in [-0.2, 0) is 4.79 Å². The van der Waals surface area contributed by atoms with Crippen LogP contribution in [0.15, 0.2) is 60.0 Å². The van der Waals surface area contributed by atoms with E-state index >= 15 is 0 Å². The van der Waals surface area contributed by atoms with Crippen LogP contribution in [0.25, 0.3) is 6.08 Å². The van der Waals surface area contributed by atoms with E-state index < -0.39 is 5.82 Å². The Bertz CT molecular complexity index is 912. The monoisotopic (exact) mass is 405 g/mol. The minimum atomic E-state index is -0.546. The lowest BCUT2D eigenvalue weighted by atomic mass is 10.2. The maximum absolute atomic E-state index is 13.4. The third kappa shape index (κ3) is 3.98. The maximum Gasteiger partial charge on any atom is 0.270 e. The number of carbonyl (C=O) groups is 1. The Kier molecular flexibility index (Phi) is 5.76. The Morgan fingerprint density at radius 3 is 2.65 bits per heavy atom. The molecule has 1 fully saturated rings. The molecule has 1 aliphatic rings. The normalized spacial score (nSPS) is 15.6. The van der Waals surface area contributed by atoms with Gasteiger partial charge in [0, 0.05) is 0 Å². The number of anilines is 1. The fraction of sp³-hybridized carbons (Fsp3) is 0.0526. The molecule has 2 aromatic rings.